The van der Waals surface area contributed by atoms with Gasteiger partial charge in [-0.25, -0.2) is 4.79 Å². The van der Waals surface area contributed by atoms with Gasteiger partial charge in [-0.2, -0.15) is 5.26 Å². The number of para-hydroxylation sites is 1. The van der Waals surface area contributed by atoms with E-state index < -0.39 is 5.97 Å². The van der Waals surface area contributed by atoms with E-state index in [9.17, 15) is 9.59 Å². The normalized spacial score (nSPS) is 10.6. The molecule has 6 heteroatoms. The number of nitrogens with one attached hydrogen (secondary N) is 2. The van der Waals surface area contributed by atoms with E-state index in [1.54, 1.807) is 37.3 Å². The maximum Gasteiger partial charge on any atom is 0.350 e. The molecule has 2 aromatic carbocycles. The van der Waals surface area contributed by atoms with Crippen molar-refractivity contribution in [1.82, 2.24) is 5.32 Å². The number of ether oxygens (including phenoxy) is 1. The van der Waals surface area contributed by atoms with Gasteiger partial charge in [0.1, 0.15) is 6.07 Å². The van der Waals surface area contributed by atoms with Crippen molar-refractivity contribution in [3.8, 4) is 6.07 Å². The zero-order valence-corrected chi connectivity index (χ0v) is 15.3. The molecule has 0 atom stereocenters. The molecule has 6 nitrogen and oxygen atoms in total. The molecule has 0 heterocycles. The van der Waals surface area contributed by atoms with E-state index in [4.69, 9.17) is 10.00 Å². The molecule has 138 valence electrons. The molecule has 0 aromatic heterocycles. The van der Waals surface area contributed by atoms with Crippen LogP contribution in [0.4, 0.5) is 5.69 Å². The van der Waals surface area contributed by atoms with E-state index >= 15 is 0 Å². The predicted octanol–water partition coefficient (Wildman–Crippen LogP) is 3.31. The molecule has 0 bridgehead atoms. The smallest absolute Gasteiger partial charge is 0.350 e. The highest BCUT2D eigenvalue weighted by Gasteiger charge is 2.12. The minimum Gasteiger partial charge on any atom is -0.462 e. The molecule has 0 saturated heterocycles. The third-order valence-corrected chi connectivity index (χ3v) is 3.73. The van der Waals surface area contributed by atoms with Gasteiger partial charge in [-0.15, -0.1) is 0 Å². The van der Waals surface area contributed by atoms with Gasteiger partial charge in [-0.1, -0.05) is 42.0 Å². The molecule has 2 aromatic rings. The Labute approximate surface area is 158 Å². The van der Waals surface area contributed by atoms with Crippen LogP contribution in [-0.2, 0) is 16.1 Å². The molecule has 0 unspecified atom stereocenters. The zero-order valence-electron chi connectivity index (χ0n) is 15.3. The zero-order chi connectivity index (χ0) is 19.6. The summed E-state index contributed by atoms with van der Waals surface area (Å²) in [5.41, 5.74) is 2.86. The van der Waals surface area contributed by atoms with Gasteiger partial charge in [-0.3, -0.25) is 4.79 Å². The molecule has 0 radical (unpaired) electrons. The van der Waals surface area contributed by atoms with E-state index in [2.05, 4.69) is 10.6 Å². The molecule has 0 aliphatic rings. The van der Waals surface area contributed by atoms with E-state index in [0.717, 1.165) is 11.1 Å². The largest absolute Gasteiger partial charge is 0.462 e. The summed E-state index contributed by atoms with van der Waals surface area (Å²) in [5, 5.41) is 14.8. The van der Waals surface area contributed by atoms with Crippen LogP contribution in [0.1, 0.15) is 28.4 Å². The molecule has 0 saturated carbocycles. The van der Waals surface area contributed by atoms with Crippen molar-refractivity contribution in [3.63, 3.8) is 0 Å². The Morgan fingerprint density at radius 1 is 1.15 bits per heavy atom. The van der Waals surface area contributed by atoms with Gasteiger partial charge in [0.25, 0.3) is 5.91 Å². The lowest BCUT2D eigenvalue weighted by molar-refractivity contribution is -0.138. The van der Waals surface area contributed by atoms with Crippen LogP contribution in [0.2, 0.25) is 0 Å². The second-order valence-corrected chi connectivity index (χ2v) is 5.75. The van der Waals surface area contributed by atoms with Crippen LogP contribution in [0.25, 0.3) is 0 Å². The van der Waals surface area contributed by atoms with Crippen molar-refractivity contribution >= 4 is 17.6 Å². The lowest BCUT2D eigenvalue weighted by Crippen LogP contribution is -2.23. The van der Waals surface area contributed by atoms with Gasteiger partial charge in [0.15, 0.2) is 5.57 Å². The molecule has 27 heavy (non-hydrogen) atoms. The third kappa shape index (κ3) is 5.72. The van der Waals surface area contributed by atoms with Crippen molar-refractivity contribution < 1.29 is 14.3 Å². The van der Waals surface area contributed by atoms with Gasteiger partial charge in [-0.05, 0) is 31.5 Å². The number of amides is 1. The summed E-state index contributed by atoms with van der Waals surface area (Å²) in [7, 11) is 0. The summed E-state index contributed by atoms with van der Waals surface area (Å²) in [5.74, 6) is -0.976. The van der Waals surface area contributed by atoms with Crippen molar-refractivity contribution in [1.29, 1.82) is 5.26 Å². The Balaban J connectivity index is 2.10. The Morgan fingerprint density at radius 2 is 1.85 bits per heavy atom. The molecule has 2 N–H and O–H groups in total. The summed E-state index contributed by atoms with van der Waals surface area (Å²) >= 11 is 0. The fraction of sp³-hybridized carbons (Fsp3) is 0.190. The Bertz CT molecular complexity index is 880. The lowest BCUT2D eigenvalue weighted by atomic mass is 10.1. The molecular formula is C21H21N3O3. The van der Waals surface area contributed by atoms with Crippen LogP contribution in [-0.4, -0.2) is 18.5 Å². The lowest BCUT2D eigenvalue weighted by Gasteiger charge is -2.10. The number of anilines is 1. The van der Waals surface area contributed by atoms with Crippen LogP contribution >= 0.6 is 0 Å². The van der Waals surface area contributed by atoms with E-state index in [1.807, 2.05) is 31.2 Å². The maximum absolute atomic E-state index is 12.5. The van der Waals surface area contributed by atoms with Gasteiger partial charge in [0.2, 0.25) is 0 Å². The summed E-state index contributed by atoms with van der Waals surface area (Å²) in [6, 6.07) is 16.5. The monoisotopic (exact) mass is 363 g/mol. The molecule has 2 rings (SSSR count). The van der Waals surface area contributed by atoms with E-state index in [1.165, 1.54) is 6.20 Å². The molecule has 0 spiro atoms. The quantitative estimate of drug-likeness (QED) is 0.447. The number of carbonyl (C=O) groups is 2. The van der Waals surface area contributed by atoms with Crippen molar-refractivity contribution in [2.24, 2.45) is 0 Å². The highest BCUT2D eigenvalue weighted by atomic mass is 16.5. The maximum atomic E-state index is 12.5. The summed E-state index contributed by atoms with van der Waals surface area (Å²) in [6.45, 7) is 4.24. The number of nitriles is 1. The Hall–Kier alpha value is -3.59. The SMILES string of the molecule is CCOC(=O)/C(C#N)=C/Nc1ccccc1C(=O)NCc1ccc(C)cc1. The molecule has 0 aliphatic carbocycles. The average Bonchev–Trinajstić information content (AvgIpc) is 2.68. The minimum atomic E-state index is -0.714. The number of esters is 1. The predicted molar refractivity (Wildman–Crippen MR) is 103 cm³/mol. The number of benzene rings is 2. The first kappa shape index (κ1) is 19.7. The van der Waals surface area contributed by atoms with Crippen molar-refractivity contribution in [3.05, 3.63) is 77.0 Å². The number of rotatable bonds is 7. The first-order valence-electron chi connectivity index (χ1n) is 8.51. The van der Waals surface area contributed by atoms with E-state index in [-0.39, 0.29) is 18.1 Å². The summed E-state index contributed by atoms with van der Waals surface area (Å²) < 4.78 is 4.81. The number of hydrogen-bond donors (Lipinski definition) is 2. The molecule has 1 amide bonds. The molecule has 0 aliphatic heterocycles. The van der Waals surface area contributed by atoms with Crippen LogP contribution < -0.4 is 10.6 Å². The van der Waals surface area contributed by atoms with Crippen LogP contribution in [0, 0.1) is 18.3 Å². The second kappa shape index (κ2) is 9.78. The Morgan fingerprint density at radius 3 is 2.52 bits per heavy atom. The highest BCUT2D eigenvalue weighted by molar-refractivity contribution is 6.00. The van der Waals surface area contributed by atoms with Crippen LogP contribution in [0.3, 0.4) is 0 Å². The van der Waals surface area contributed by atoms with Gasteiger partial charge in [0, 0.05) is 12.7 Å². The fourth-order valence-corrected chi connectivity index (χ4v) is 2.29. The fourth-order valence-electron chi connectivity index (χ4n) is 2.29. The van der Waals surface area contributed by atoms with Gasteiger partial charge in [0.05, 0.1) is 17.9 Å². The van der Waals surface area contributed by atoms with Crippen LogP contribution in [0.5, 0.6) is 0 Å². The standard InChI is InChI=1S/C21H21N3O3/c1-3-27-21(26)17(12-22)14-23-19-7-5-4-6-18(19)20(25)24-13-16-10-8-15(2)9-11-16/h4-11,14,23H,3,13H2,1-2H3,(H,24,25)/b17-14+. The van der Waals surface area contributed by atoms with E-state index in [0.29, 0.717) is 17.8 Å². The first-order valence-corrected chi connectivity index (χ1v) is 8.51. The molecule has 0 fully saturated rings. The first-order chi connectivity index (χ1) is 13.0. The van der Waals surface area contributed by atoms with Crippen LogP contribution in [0.15, 0.2) is 60.3 Å². The topological polar surface area (TPSA) is 91.2 Å². The second-order valence-electron chi connectivity index (χ2n) is 5.75. The summed E-state index contributed by atoms with van der Waals surface area (Å²) in [6.07, 6.45) is 1.24. The highest BCUT2D eigenvalue weighted by Crippen LogP contribution is 2.16. The molecular weight excluding hydrogens is 342 g/mol. The number of nitrogens with zero attached hydrogens (tertiary/aromatic N) is 1. The third-order valence-electron chi connectivity index (χ3n) is 3.73. The summed E-state index contributed by atoms with van der Waals surface area (Å²) in [4.78, 5) is 24.2. The van der Waals surface area contributed by atoms with Crippen molar-refractivity contribution in [2.75, 3.05) is 11.9 Å². The van der Waals surface area contributed by atoms with Gasteiger partial charge >= 0.3 is 5.97 Å². The minimum absolute atomic E-state index is 0.174. The average molecular weight is 363 g/mol. The Kier molecular flexibility index (Phi) is 7.15. The van der Waals surface area contributed by atoms with Crippen molar-refractivity contribution in [2.45, 2.75) is 20.4 Å². The number of aryl methyl sites for hydroxylation is 1. The number of hydrogen-bond acceptors (Lipinski definition) is 5. The number of carbonyl (C=O) groups excluding carboxylic acids is 2. The van der Waals surface area contributed by atoms with Gasteiger partial charge < -0.3 is 15.4 Å².